The van der Waals surface area contributed by atoms with Crippen LogP contribution in [0.2, 0.25) is 0 Å². The molecule has 0 bridgehead atoms. The second kappa shape index (κ2) is 51.3. The molecular weight excluding hydrogens is 1520 g/mol. The van der Waals surface area contributed by atoms with E-state index in [4.69, 9.17) is 74.5 Å². The van der Waals surface area contributed by atoms with Crippen LogP contribution in [0.1, 0.15) is 157 Å². The topological polar surface area (TPSA) is 503 Å². The first-order valence-electron chi connectivity index (χ1n) is 39.0. The quantitative estimate of drug-likeness (QED) is 0.0308. The minimum atomic E-state index is -4.53. The first-order valence-corrected chi connectivity index (χ1v) is 43.5. The van der Waals surface area contributed by atoms with E-state index in [0.717, 1.165) is 5.92 Å². The van der Waals surface area contributed by atoms with Gasteiger partial charge in [-0.15, -0.1) is 0 Å². The fraction of sp³-hybridized carbons (Fsp3) is 0.957. The van der Waals surface area contributed by atoms with Gasteiger partial charge in [0.2, 0.25) is 17.7 Å². The van der Waals surface area contributed by atoms with Crippen LogP contribution in [-0.4, -0.2) is 337 Å². The van der Waals surface area contributed by atoms with Crippen LogP contribution in [-0.2, 0) is 103 Å². The van der Waals surface area contributed by atoms with Crippen molar-refractivity contribution in [2.24, 2.45) is 29.1 Å². The first-order chi connectivity index (χ1) is 52.3. The Hall–Kier alpha value is -2.02. The summed E-state index contributed by atoms with van der Waals surface area (Å²) in [7, 11) is -12.1. The Kier molecular flexibility index (Phi) is 46.0. The minimum Gasteiger partial charge on any atom is -0.394 e. The number of aliphatic hydroxyl groups is 9. The van der Waals surface area contributed by atoms with Crippen LogP contribution in [0.3, 0.4) is 0 Å². The van der Waals surface area contributed by atoms with Crippen molar-refractivity contribution in [1.29, 1.82) is 0 Å². The number of hydrogen-bond donors (Lipinski definition) is 12. The molecule has 40 heteroatoms. The van der Waals surface area contributed by atoms with Crippen LogP contribution in [0.5, 0.6) is 0 Å². The Bertz CT molecular complexity index is 2420. The summed E-state index contributed by atoms with van der Waals surface area (Å²) in [6, 6.07) is 0. The summed E-state index contributed by atoms with van der Waals surface area (Å²) in [5.74, 6) is -1.06. The molecule has 6 fully saturated rings. The Morgan fingerprint density at radius 3 is 0.891 bits per heavy atom. The highest BCUT2D eigenvalue weighted by Crippen LogP contribution is 2.48. The maximum Gasteiger partial charge on any atom is 0.472 e. The molecule has 0 radical (unpaired) electrons. The van der Waals surface area contributed by atoms with Crippen molar-refractivity contribution in [2.75, 3.05) is 152 Å². The highest BCUT2D eigenvalue weighted by molar-refractivity contribution is 7.48. The largest absolute Gasteiger partial charge is 0.472 e. The summed E-state index contributed by atoms with van der Waals surface area (Å²) < 4.78 is 129. The van der Waals surface area contributed by atoms with Gasteiger partial charge in [-0.05, 0) is 102 Å². The lowest BCUT2D eigenvalue weighted by molar-refractivity contribution is -0.282. The Labute approximate surface area is 647 Å². The molecule has 6 aliphatic rings. The monoisotopic (exact) mass is 1650 g/mol. The Morgan fingerprint density at radius 2 is 0.655 bits per heavy atom. The summed E-state index contributed by atoms with van der Waals surface area (Å²) in [6.07, 6.45) is -8.45. The number of ether oxygens (including phenoxy) is 10. The SMILES string of the molecule is CC(C)C.COCC(COCCCOP(=O)(O)OC1CCN(C(=O)CCCCO[C@@H]2OC(CO)[C@H](O)[C@H](O)C2C)CC1)(COCCCOP(=O)(O)OC1CCN(C(=O)CCCCO[C@@H]2OC(CO)[C@H](O)[C@H](O)C2C)CC1)COCCCOP(=O)(O)OC1CCN(C(=O)CCCCO[C@@H]2OC(CO)[C@H](O)[C@H](O)C2C)CC1. The maximum absolute atomic E-state index is 13.1. The van der Waals surface area contributed by atoms with Crippen molar-refractivity contribution in [2.45, 2.75) is 249 Å². The molecule has 18 atom stereocenters. The van der Waals surface area contributed by atoms with E-state index in [1.807, 2.05) is 0 Å². The molecule has 6 saturated heterocycles. The van der Waals surface area contributed by atoms with E-state index in [0.29, 0.717) is 116 Å². The maximum atomic E-state index is 13.1. The second-order valence-electron chi connectivity index (χ2n) is 30.0. The number of likely N-dealkylation sites (tertiary alicyclic amines) is 3. The van der Waals surface area contributed by atoms with Crippen LogP contribution < -0.4 is 0 Å². The summed E-state index contributed by atoms with van der Waals surface area (Å²) in [6.45, 7) is 12.0. The van der Waals surface area contributed by atoms with Gasteiger partial charge in [-0.25, -0.2) is 13.7 Å². The van der Waals surface area contributed by atoms with Crippen molar-refractivity contribution >= 4 is 41.2 Å². The van der Waals surface area contributed by atoms with E-state index in [9.17, 15) is 88.7 Å². The number of rotatable bonds is 50. The lowest BCUT2D eigenvalue weighted by Gasteiger charge is -2.40. The zero-order valence-corrected chi connectivity index (χ0v) is 68.0. The molecule has 0 aromatic rings. The van der Waals surface area contributed by atoms with E-state index < -0.39 is 159 Å². The van der Waals surface area contributed by atoms with Crippen LogP contribution in [0.4, 0.5) is 0 Å². The van der Waals surface area contributed by atoms with Gasteiger partial charge in [0.05, 0.1) is 108 Å². The number of hydrogen-bond acceptors (Lipinski definition) is 31. The van der Waals surface area contributed by atoms with Crippen molar-refractivity contribution in [1.82, 2.24) is 14.7 Å². The molecule has 0 saturated carbocycles. The summed E-state index contributed by atoms with van der Waals surface area (Å²) >= 11 is 0. The lowest BCUT2D eigenvalue weighted by Crippen LogP contribution is -2.55. The summed E-state index contributed by atoms with van der Waals surface area (Å²) in [5, 5.41) is 89.5. The average Bonchev–Trinajstić information content (AvgIpc) is 0.835. The fourth-order valence-corrected chi connectivity index (χ4v) is 16.2. The lowest BCUT2D eigenvalue weighted by atomic mass is 9.92. The number of carbonyl (C=O) groups excluding carboxylic acids is 3. The molecule has 6 heterocycles. The predicted octanol–water partition coefficient (Wildman–Crippen LogP) is 2.66. The van der Waals surface area contributed by atoms with Crippen molar-refractivity contribution in [3.63, 3.8) is 0 Å². The number of methoxy groups -OCH3 is 1. The smallest absolute Gasteiger partial charge is 0.394 e. The first kappa shape index (κ1) is 98.6. The third-order valence-electron chi connectivity index (χ3n) is 19.7. The van der Waals surface area contributed by atoms with Crippen LogP contribution in [0.15, 0.2) is 0 Å². The van der Waals surface area contributed by atoms with Crippen molar-refractivity contribution < 1.29 is 163 Å². The molecule has 0 aromatic carbocycles. The van der Waals surface area contributed by atoms with Crippen LogP contribution in [0, 0.1) is 29.1 Å². The van der Waals surface area contributed by atoms with Gasteiger partial charge < -0.3 is 123 Å². The molecule has 0 aliphatic carbocycles. The van der Waals surface area contributed by atoms with E-state index in [-0.39, 0.29) is 142 Å². The van der Waals surface area contributed by atoms with Crippen molar-refractivity contribution in [3.8, 4) is 0 Å². The molecule has 6 rings (SSSR count). The third kappa shape index (κ3) is 35.3. The van der Waals surface area contributed by atoms with Crippen molar-refractivity contribution in [3.05, 3.63) is 0 Å². The minimum absolute atomic E-state index is 0.0219. The number of carbonyl (C=O) groups is 3. The average molecular weight is 1650 g/mol. The fourth-order valence-electron chi connectivity index (χ4n) is 13.2. The molecule has 0 aromatic heterocycles. The molecule has 6 aliphatic heterocycles. The summed E-state index contributed by atoms with van der Waals surface area (Å²) in [4.78, 5) is 75.9. The number of phosphoric ester groups is 3. The normalized spacial score (nSPS) is 29.8. The van der Waals surface area contributed by atoms with E-state index >= 15 is 0 Å². The van der Waals surface area contributed by atoms with Crippen LogP contribution in [0.25, 0.3) is 0 Å². The number of phosphoric acid groups is 3. The molecular formula is C70H132N3O34P3. The Balaban J connectivity index is 0.00000528. The number of nitrogens with zero attached hydrogens (tertiary/aromatic N) is 3. The number of amides is 3. The van der Waals surface area contributed by atoms with Gasteiger partial charge >= 0.3 is 23.5 Å². The molecule has 12 N–H and O–H groups in total. The zero-order chi connectivity index (χ0) is 81.0. The highest BCUT2D eigenvalue weighted by atomic mass is 31.2. The highest BCUT2D eigenvalue weighted by Gasteiger charge is 2.46. The van der Waals surface area contributed by atoms with Crippen LogP contribution >= 0.6 is 23.5 Å². The third-order valence-corrected chi connectivity index (χ3v) is 23.0. The van der Waals surface area contributed by atoms with Gasteiger partial charge in [-0.2, -0.15) is 0 Å². The standard InChI is InChI=1S/C66H122N3O34P3.C4H10/c1-45-57(76)60(79)51(38-70)98-63(45)92-32-8-5-14-54(73)67-23-17-48(18-24-67)101-104(82,83)95-35-11-29-89-42-66(41-88-4,43-90-30-12-36-96-105(84,85)102-49-19-25-68(26-20-49)55(74)15-6-9-33-93-64-46(2)58(77)61(80)52(39-71)99-64)44-91-31-13-37-97-106(86,87)103-50-21-27-69(28-22-50)56(75)16-7-10-34-94-65-47(3)59(78)62(81)53(40-72)100-65;1-4(2)3/h45-53,57-65,70-72,76-81H,5-44H2,1-4H3,(H,82,83)(H,84,85)(H,86,87);4H,1-3H3/t45?,46?,47?,51?,52?,53?,57-,58-,59-,60+,61+,62+,63-,64-,65-,66?;/m1./s1. The summed E-state index contributed by atoms with van der Waals surface area (Å²) in [5.41, 5.74) is -0.986. The number of aliphatic hydroxyl groups excluding tert-OH is 9. The number of piperidine rings is 3. The molecule has 646 valence electrons. The predicted molar refractivity (Wildman–Crippen MR) is 391 cm³/mol. The molecule has 0 spiro atoms. The molecule has 9 unspecified atom stereocenters. The van der Waals surface area contributed by atoms with Gasteiger partial charge in [-0.3, -0.25) is 41.5 Å². The van der Waals surface area contributed by atoms with E-state index in [2.05, 4.69) is 20.8 Å². The molecule has 3 amide bonds. The van der Waals surface area contributed by atoms with Gasteiger partial charge in [0.1, 0.15) is 36.6 Å². The second-order valence-corrected chi connectivity index (χ2v) is 34.2. The van der Waals surface area contributed by atoms with Gasteiger partial charge in [0.15, 0.2) is 18.9 Å². The number of unbranched alkanes of at least 4 members (excludes halogenated alkanes) is 3. The van der Waals surface area contributed by atoms with E-state index in [1.165, 1.54) is 7.11 Å². The zero-order valence-electron chi connectivity index (χ0n) is 65.3. The van der Waals surface area contributed by atoms with E-state index in [1.54, 1.807) is 35.5 Å². The Morgan fingerprint density at radius 1 is 0.400 bits per heavy atom. The van der Waals surface area contributed by atoms with Gasteiger partial charge in [0, 0.05) is 123 Å². The van der Waals surface area contributed by atoms with Gasteiger partial charge in [-0.1, -0.05) is 41.5 Å². The molecule has 37 nitrogen and oxygen atoms in total. The molecule has 110 heavy (non-hydrogen) atoms. The van der Waals surface area contributed by atoms with Gasteiger partial charge in [0.25, 0.3) is 0 Å².